The molecule has 1 N–H and O–H groups in total. The van der Waals surface area contributed by atoms with Gasteiger partial charge < -0.3 is 14.8 Å². The highest BCUT2D eigenvalue weighted by molar-refractivity contribution is 5.30. The Morgan fingerprint density at radius 3 is 2.53 bits per heavy atom. The van der Waals surface area contributed by atoms with E-state index in [1.54, 1.807) is 20.4 Å². The lowest BCUT2D eigenvalue weighted by Gasteiger charge is -2.33. The maximum Gasteiger partial charge on any atom is 0.161 e. The summed E-state index contributed by atoms with van der Waals surface area (Å²) >= 11 is 0. The average Bonchev–Trinajstić information content (AvgIpc) is 2.72. The highest BCUT2D eigenvalue weighted by atomic mass is 16.5. The molecule has 98 valence electrons. The third-order valence-electron chi connectivity index (χ3n) is 3.15. The predicted octanol–water partition coefficient (Wildman–Crippen LogP) is 1.60. The van der Waals surface area contributed by atoms with Gasteiger partial charge in [-0.2, -0.15) is 5.10 Å². The molecule has 1 atom stereocenters. The van der Waals surface area contributed by atoms with Crippen molar-refractivity contribution >= 4 is 0 Å². The van der Waals surface area contributed by atoms with Crippen LogP contribution in [0.2, 0.25) is 0 Å². The number of nitrogens with zero attached hydrogens (tertiary/aromatic N) is 2. The lowest BCUT2D eigenvalue weighted by Crippen LogP contribution is -2.40. The molecule has 1 rings (SSSR count). The van der Waals surface area contributed by atoms with Gasteiger partial charge in [0.05, 0.1) is 24.9 Å². The summed E-state index contributed by atoms with van der Waals surface area (Å²) in [6, 6.07) is 0.0184. The van der Waals surface area contributed by atoms with Crippen LogP contribution in [0.3, 0.4) is 0 Å². The summed E-state index contributed by atoms with van der Waals surface area (Å²) in [5.41, 5.74) is 0.680. The Labute approximate surface area is 103 Å². The van der Waals surface area contributed by atoms with E-state index in [0.717, 1.165) is 18.0 Å². The maximum absolute atomic E-state index is 5.55. The van der Waals surface area contributed by atoms with Crippen molar-refractivity contribution in [3.8, 4) is 5.75 Å². The third-order valence-corrected chi connectivity index (χ3v) is 3.15. The molecule has 1 aromatic rings. The third kappa shape index (κ3) is 2.61. The van der Waals surface area contributed by atoms with Gasteiger partial charge in [0.15, 0.2) is 5.75 Å². The lowest BCUT2D eigenvalue weighted by molar-refractivity contribution is -0.0119. The fourth-order valence-electron chi connectivity index (χ4n) is 2.01. The Balaban J connectivity index is 3.23. The van der Waals surface area contributed by atoms with Gasteiger partial charge in [-0.15, -0.1) is 0 Å². The Bertz CT molecular complexity index is 339. The van der Waals surface area contributed by atoms with Crippen molar-refractivity contribution in [1.29, 1.82) is 0 Å². The minimum atomic E-state index is -0.338. The highest BCUT2D eigenvalue weighted by Crippen LogP contribution is 2.33. The maximum atomic E-state index is 5.55. The van der Waals surface area contributed by atoms with Crippen LogP contribution in [-0.4, -0.2) is 36.6 Å². The molecule has 1 aromatic heterocycles. The molecular weight excluding hydrogens is 218 g/mol. The van der Waals surface area contributed by atoms with Crippen LogP contribution in [0.25, 0.3) is 0 Å². The van der Waals surface area contributed by atoms with Crippen molar-refractivity contribution in [1.82, 2.24) is 15.1 Å². The van der Waals surface area contributed by atoms with Crippen LogP contribution in [0.1, 0.15) is 32.5 Å². The summed E-state index contributed by atoms with van der Waals surface area (Å²) in [6.07, 6.45) is 1.74. The summed E-state index contributed by atoms with van der Waals surface area (Å²) < 4.78 is 12.9. The topological polar surface area (TPSA) is 48.3 Å². The fraction of sp³-hybridized carbons (Fsp3) is 0.750. The molecule has 0 spiro atoms. The summed E-state index contributed by atoms with van der Waals surface area (Å²) in [4.78, 5) is 0. The zero-order valence-corrected chi connectivity index (χ0v) is 11.6. The van der Waals surface area contributed by atoms with E-state index in [-0.39, 0.29) is 11.6 Å². The van der Waals surface area contributed by atoms with Crippen LogP contribution in [0.4, 0.5) is 0 Å². The van der Waals surface area contributed by atoms with Gasteiger partial charge in [-0.25, -0.2) is 0 Å². The van der Waals surface area contributed by atoms with E-state index in [1.807, 2.05) is 25.6 Å². The fourth-order valence-corrected chi connectivity index (χ4v) is 2.01. The molecule has 1 unspecified atom stereocenters. The monoisotopic (exact) mass is 241 g/mol. The number of aromatic nitrogens is 2. The molecule has 17 heavy (non-hydrogen) atoms. The predicted molar refractivity (Wildman–Crippen MR) is 67.3 cm³/mol. The summed E-state index contributed by atoms with van der Waals surface area (Å²) in [7, 11) is 5.29. The van der Waals surface area contributed by atoms with Gasteiger partial charge in [-0.1, -0.05) is 0 Å². The quantitative estimate of drug-likeness (QED) is 0.822. The van der Waals surface area contributed by atoms with Crippen molar-refractivity contribution in [2.24, 2.45) is 0 Å². The molecular formula is C12H23N3O2. The standard InChI is InChI=1S/C12H23N3O2/c1-7-15-10(9(16-5)8-14-15)11(13-4)12(2,3)17-6/h8,11,13H,7H2,1-6H3. The number of methoxy groups -OCH3 is 2. The minimum absolute atomic E-state index is 0.0184. The number of rotatable bonds is 6. The van der Waals surface area contributed by atoms with Gasteiger partial charge in [-0.3, -0.25) is 4.68 Å². The number of ether oxygens (including phenoxy) is 2. The van der Waals surface area contributed by atoms with E-state index < -0.39 is 0 Å². The Morgan fingerprint density at radius 1 is 1.47 bits per heavy atom. The molecule has 0 aliphatic carbocycles. The van der Waals surface area contributed by atoms with Gasteiger partial charge in [0.1, 0.15) is 5.69 Å². The van der Waals surface area contributed by atoms with Crippen LogP contribution >= 0.6 is 0 Å². The second kappa shape index (κ2) is 5.51. The smallest absolute Gasteiger partial charge is 0.161 e. The van der Waals surface area contributed by atoms with Crippen molar-refractivity contribution in [3.63, 3.8) is 0 Å². The van der Waals surface area contributed by atoms with Crippen LogP contribution in [0.15, 0.2) is 6.20 Å². The van der Waals surface area contributed by atoms with Crippen LogP contribution in [0.5, 0.6) is 5.75 Å². The van der Waals surface area contributed by atoms with E-state index in [4.69, 9.17) is 9.47 Å². The second-order valence-electron chi connectivity index (χ2n) is 4.44. The molecule has 5 nitrogen and oxygen atoms in total. The van der Waals surface area contributed by atoms with Crippen molar-refractivity contribution in [3.05, 3.63) is 11.9 Å². The van der Waals surface area contributed by atoms with E-state index in [2.05, 4.69) is 17.3 Å². The van der Waals surface area contributed by atoms with Gasteiger partial charge >= 0.3 is 0 Å². The van der Waals surface area contributed by atoms with Crippen LogP contribution in [-0.2, 0) is 11.3 Å². The normalized spacial score (nSPS) is 13.8. The van der Waals surface area contributed by atoms with Gasteiger partial charge in [0, 0.05) is 13.7 Å². The molecule has 0 amide bonds. The number of hydrogen-bond donors (Lipinski definition) is 1. The van der Waals surface area contributed by atoms with Gasteiger partial charge in [-0.05, 0) is 27.8 Å². The average molecular weight is 241 g/mol. The molecule has 0 saturated carbocycles. The SMILES string of the molecule is CCn1ncc(OC)c1C(NC)C(C)(C)OC. The molecule has 0 radical (unpaired) electrons. The summed E-state index contributed by atoms with van der Waals surface area (Å²) in [6.45, 7) is 6.94. The molecule has 0 fully saturated rings. The van der Waals surface area contributed by atoms with E-state index in [9.17, 15) is 0 Å². The second-order valence-corrected chi connectivity index (χ2v) is 4.44. The molecule has 0 bridgehead atoms. The lowest BCUT2D eigenvalue weighted by atomic mass is 9.95. The minimum Gasteiger partial charge on any atom is -0.493 e. The first-order valence-electron chi connectivity index (χ1n) is 5.83. The largest absolute Gasteiger partial charge is 0.493 e. The Kier molecular flexibility index (Phi) is 4.54. The van der Waals surface area contributed by atoms with Gasteiger partial charge in [0.2, 0.25) is 0 Å². The van der Waals surface area contributed by atoms with Gasteiger partial charge in [0.25, 0.3) is 0 Å². The highest BCUT2D eigenvalue weighted by Gasteiger charge is 2.34. The first-order valence-corrected chi connectivity index (χ1v) is 5.83. The van der Waals surface area contributed by atoms with Crippen LogP contribution in [0, 0.1) is 0 Å². The van der Waals surface area contributed by atoms with Crippen molar-refractivity contribution < 1.29 is 9.47 Å². The zero-order valence-electron chi connectivity index (χ0n) is 11.6. The molecule has 0 saturated heterocycles. The van der Waals surface area contributed by atoms with E-state index in [1.165, 1.54) is 0 Å². The molecule has 5 heteroatoms. The molecule has 0 aliphatic heterocycles. The molecule has 0 aliphatic rings. The Morgan fingerprint density at radius 2 is 2.12 bits per heavy atom. The van der Waals surface area contributed by atoms with Crippen molar-refractivity contribution in [2.75, 3.05) is 21.3 Å². The first kappa shape index (κ1) is 14.0. The first-order chi connectivity index (χ1) is 8.01. The Hall–Kier alpha value is -1.07. The number of aryl methyl sites for hydroxylation is 1. The van der Waals surface area contributed by atoms with E-state index >= 15 is 0 Å². The van der Waals surface area contributed by atoms with Crippen LogP contribution < -0.4 is 10.1 Å². The molecule has 1 heterocycles. The zero-order chi connectivity index (χ0) is 13.1. The number of hydrogen-bond acceptors (Lipinski definition) is 4. The summed E-state index contributed by atoms with van der Waals surface area (Å²) in [5.74, 6) is 0.788. The molecule has 0 aromatic carbocycles. The van der Waals surface area contributed by atoms with E-state index in [0.29, 0.717) is 0 Å². The van der Waals surface area contributed by atoms with Crippen molar-refractivity contribution in [2.45, 2.75) is 39.0 Å². The summed E-state index contributed by atoms with van der Waals surface area (Å²) in [5, 5.41) is 7.60. The number of nitrogens with one attached hydrogen (secondary N) is 1. The number of likely N-dealkylation sites (N-methyl/N-ethyl adjacent to an activating group) is 1.